The fraction of sp³-hybridized carbons (Fsp3) is 0.0161. The average Bonchev–Trinajstić information content (AvgIpc) is 4.18. The third-order valence-electron chi connectivity index (χ3n) is 14.6. The molecule has 67 heavy (non-hydrogen) atoms. The predicted octanol–water partition coefficient (Wildman–Crippen LogP) is 16.3. The molecule has 2 aliphatic carbocycles. The van der Waals surface area contributed by atoms with Gasteiger partial charge in [0.2, 0.25) is 5.78 Å². The van der Waals surface area contributed by atoms with Gasteiger partial charge in [-0.25, -0.2) is 4.98 Å². The molecular formula is C62H38N4S. The molecule has 0 unspecified atom stereocenters. The van der Waals surface area contributed by atoms with E-state index in [0.717, 1.165) is 61.7 Å². The maximum atomic E-state index is 5.11. The lowest BCUT2D eigenvalue weighted by Gasteiger charge is -2.32. The number of fused-ring (bicyclic) bond motifs is 18. The number of hydrogen-bond donors (Lipinski definition) is 0. The quantitative estimate of drug-likeness (QED) is 0.172. The van der Waals surface area contributed by atoms with Gasteiger partial charge in [-0.1, -0.05) is 152 Å². The van der Waals surface area contributed by atoms with Crippen molar-refractivity contribution < 1.29 is 0 Å². The summed E-state index contributed by atoms with van der Waals surface area (Å²) in [7, 11) is 0. The van der Waals surface area contributed by atoms with E-state index in [2.05, 4.69) is 244 Å². The molecule has 0 saturated carbocycles. The van der Waals surface area contributed by atoms with Gasteiger partial charge in [0.25, 0.3) is 0 Å². The van der Waals surface area contributed by atoms with E-state index in [0.29, 0.717) is 0 Å². The fourth-order valence-electron chi connectivity index (χ4n) is 11.7. The zero-order chi connectivity index (χ0) is 43.8. The van der Waals surface area contributed by atoms with Gasteiger partial charge in [0, 0.05) is 42.9 Å². The molecule has 4 nitrogen and oxygen atoms in total. The average molecular weight is 871 g/mol. The Hall–Kier alpha value is -8.51. The summed E-state index contributed by atoms with van der Waals surface area (Å²) < 4.78 is 7.13. The zero-order valence-corrected chi connectivity index (χ0v) is 37.0. The molecule has 1 spiro atoms. The summed E-state index contributed by atoms with van der Waals surface area (Å²) in [6.45, 7) is 0. The molecule has 5 heteroatoms. The van der Waals surface area contributed by atoms with E-state index >= 15 is 0 Å². The van der Waals surface area contributed by atoms with Crippen molar-refractivity contribution in [2.24, 2.45) is 0 Å². The minimum atomic E-state index is -0.434. The van der Waals surface area contributed by atoms with Gasteiger partial charge in [-0.05, 0) is 134 Å². The summed E-state index contributed by atoms with van der Waals surface area (Å²) in [6, 6.07) is 85.1. The Morgan fingerprint density at radius 3 is 1.63 bits per heavy atom. The Kier molecular flexibility index (Phi) is 7.55. The van der Waals surface area contributed by atoms with Crippen LogP contribution in [0.3, 0.4) is 0 Å². The van der Waals surface area contributed by atoms with Crippen molar-refractivity contribution in [3.05, 3.63) is 253 Å². The molecule has 15 rings (SSSR count). The maximum Gasteiger partial charge on any atom is 0.220 e. The molecule has 0 N–H and O–H groups in total. The molecule has 0 bridgehead atoms. The highest BCUT2D eigenvalue weighted by atomic mass is 32.1. The van der Waals surface area contributed by atoms with E-state index in [9.17, 15) is 0 Å². The predicted molar refractivity (Wildman–Crippen MR) is 279 cm³/mol. The number of rotatable bonds is 5. The Morgan fingerprint density at radius 1 is 0.388 bits per heavy atom. The maximum absolute atomic E-state index is 5.11. The highest BCUT2D eigenvalue weighted by molar-refractivity contribution is 7.25. The Balaban J connectivity index is 0.875. The van der Waals surface area contributed by atoms with Crippen molar-refractivity contribution in [2.45, 2.75) is 5.41 Å². The van der Waals surface area contributed by atoms with E-state index in [-0.39, 0.29) is 0 Å². The second-order valence-electron chi connectivity index (χ2n) is 17.9. The summed E-state index contributed by atoms with van der Waals surface area (Å²) in [5.74, 6) is 0.913. The lowest BCUT2D eigenvalue weighted by Crippen LogP contribution is -2.26. The van der Waals surface area contributed by atoms with Crippen LogP contribution in [0.25, 0.3) is 87.1 Å². The molecule has 0 atom stereocenters. The largest absolute Gasteiger partial charge is 0.310 e. The van der Waals surface area contributed by atoms with Crippen LogP contribution in [0.5, 0.6) is 0 Å². The normalized spacial score (nSPS) is 13.2. The molecule has 0 fully saturated rings. The van der Waals surface area contributed by atoms with Crippen LogP contribution in [-0.2, 0) is 5.41 Å². The zero-order valence-electron chi connectivity index (χ0n) is 36.1. The minimum Gasteiger partial charge on any atom is -0.310 e. The first-order chi connectivity index (χ1) is 33.2. The minimum absolute atomic E-state index is 0.434. The van der Waals surface area contributed by atoms with E-state index in [1.165, 1.54) is 64.7 Å². The van der Waals surface area contributed by atoms with Crippen molar-refractivity contribution >= 4 is 76.4 Å². The second-order valence-corrected chi connectivity index (χ2v) is 19.0. The first-order valence-corrected chi connectivity index (χ1v) is 23.8. The summed E-state index contributed by atoms with van der Waals surface area (Å²) in [6.07, 6.45) is 0. The standard InChI is InChI=1S/C62H38N4S/c1-5-17-51-45(13-1)46-14-2-6-18-52(46)62(51)53-19-7-3-15-47(53)48-35-33-43(37-54(48)62)64(44-34-36-50-49-16-4-12-24-59(49)67-60(50)38-44)41-29-25-39(26-30-41)40-27-31-42(32-28-40)65-57-22-10-11-23-58(57)66-56-21-9-8-20-55(56)63-61(65)66/h1-38H. The first-order valence-electron chi connectivity index (χ1n) is 23.0. The summed E-state index contributed by atoms with van der Waals surface area (Å²) in [5.41, 5.74) is 21.3. The van der Waals surface area contributed by atoms with Crippen molar-refractivity contribution in [3.8, 4) is 39.1 Å². The Morgan fingerprint density at radius 2 is 0.910 bits per heavy atom. The lowest BCUT2D eigenvalue weighted by molar-refractivity contribution is 0.793. The Labute approximate surface area is 390 Å². The SMILES string of the molecule is c1ccc2c(c1)-c1ccccc1C21c2ccccc2-c2ccc(N(c3ccc(-c4ccc(-n5c6ccccc6n6c7ccccc7nc56)cc4)cc3)c3ccc4c(c3)sc3ccccc34)cc21. The number of imidazole rings is 2. The molecule has 13 aromatic rings. The molecule has 3 heterocycles. The van der Waals surface area contributed by atoms with Crippen molar-refractivity contribution in [2.75, 3.05) is 4.90 Å². The van der Waals surface area contributed by atoms with Crippen LogP contribution in [0.2, 0.25) is 0 Å². The van der Waals surface area contributed by atoms with Crippen molar-refractivity contribution in [3.63, 3.8) is 0 Å². The summed E-state index contributed by atoms with van der Waals surface area (Å²) in [5, 5.41) is 2.60. The van der Waals surface area contributed by atoms with Gasteiger partial charge in [-0.15, -0.1) is 11.3 Å². The van der Waals surface area contributed by atoms with Crippen molar-refractivity contribution in [1.82, 2.24) is 14.0 Å². The summed E-state index contributed by atoms with van der Waals surface area (Å²) in [4.78, 5) is 7.56. The molecule has 312 valence electrons. The Bertz CT molecular complexity index is 4110. The highest BCUT2D eigenvalue weighted by Gasteiger charge is 2.51. The monoisotopic (exact) mass is 870 g/mol. The summed E-state index contributed by atoms with van der Waals surface area (Å²) >= 11 is 1.86. The number of thiophene rings is 1. The molecule has 2 aliphatic rings. The fourth-order valence-corrected chi connectivity index (χ4v) is 12.9. The van der Waals surface area contributed by atoms with Crippen LogP contribution >= 0.6 is 11.3 Å². The van der Waals surface area contributed by atoms with Crippen LogP contribution in [0, 0.1) is 0 Å². The number of hydrogen-bond acceptors (Lipinski definition) is 3. The van der Waals surface area contributed by atoms with Crippen LogP contribution in [0.15, 0.2) is 231 Å². The van der Waals surface area contributed by atoms with Crippen LogP contribution < -0.4 is 4.90 Å². The van der Waals surface area contributed by atoms with Gasteiger partial charge in [0.15, 0.2) is 0 Å². The number of benzene rings is 10. The number of nitrogens with zero attached hydrogens (tertiary/aromatic N) is 4. The van der Waals surface area contributed by atoms with Gasteiger partial charge in [0.1, 0.15) is 0 Å². The highest BCUT2D eigenvalue weighted by Crippen LogP contribution is 2.63. The van der Waals surface area contributed by atoms with Crippen molar-refractivity contribution in [1.29, 1.82) is 0 Å². The van der Waals surface area contributed by atoms with Gasteiger partial charge >= 0.3 is 0 Å². The van der Waals surface area contributed by atoms with Crippen LogP contribution in [0.1, 0.15) is 22.3 Å². The van der Waals surface area contributed by atoms with E-state index < -0.39 is 5.41 Å². The molecule has 3 aromatic heterocycles. The second kappa shape index (κ2) is 13.8. The van der Waals surface area contributed by atoms with Crippen LogP contribution in [0.4, 0.5) is 17.1 Å². The van der Waals surface area contributed by atoms with E-state index in [4.69, 9.17) is 4.98 Å². The van der Waals surface area contributed by atoms with E-state index in [1.54, 1.807) is 0 Å². The molecular weight excluding hydrogens is 833 g/mol. The smallest absolute Gasteiger partial charge is 0.220 e. The molecule has 0 saturated heterocycles. The first kappa shape index (κ1) is 36.8. The number of anilines is 3. The van der Waals surface area contributed by atoms with Crippen LogP contribution in [-0.4, -0.2) is 14.0 Å². The molecule has 0 radical (unpaired) electrons. The van der Waals surface area contributed by atoms with E-state index in [1.807, 2.05) is 11.3 Å². The van der Waals surface area contributed by atoms with Gasteiger partial charge < -0.3 is 4.90 Å². The number of aromatic nitrogens is 3. The third-order valence-corrected chi connectivity index (χ3v) is 15.7. The third kappa shape index (κ3) is 5.04. The topological polar surface area (TPSA) is 25.5 Å². The molecule has 0 amide bonds. The van der Waals surface area contributed by atoms with Gasteiger partial charge in [-0.3, -0.25) is 8.97 Å². The molecule has 10 aromatic carbocycles. The lowest BCUT2D eigenvalue weighted by atomic mass is 9.70. The van der Waals surface area contributed by atoms with Gasteiger partial charge in [-0.2, -0.15) is 0 Å². The number of para-hydroxylation sites is 4. The molecule has 0 aliphatic heterocycles. The van der Waals surface area contributed by atoms with Gasteiger partial charge in [0.05, 0.1) is 27.5 Å².